The van der Waals surface area contributed by atoms with Gasteiger partial charge in [-0.15, -0.1) is 0 Å². The summed E-state index contributed by atoms with van der Waals surface area (Å²) in [6.07, 6.45) is 9.81. The average Bonchev–Trinajstić information content (AvgIpc) is 3.32. The highest BCUT2D eigenvalue weighted by Crippen LogP contribution is 2.39. The molecule has 1 aliphatic rings. The highest BCUT2D eigenvalue weighted by molar-refractivity contribution is 7.80. The number of unbranched alkanes of at least 4 members (excludes halogenated alkanes) is 1. The molecule has 4 rings (SSSR count). The lowest BCUT2D eigenvalue weighted by molar-refractivity contribution is 0.304. The quantitative estimate of drug-likeness (QED) is 0.657. The molecule has 0 amide bonds. The van der Waals surface area contributed by atoms with Gasteiger partial charge in [-0.3, -0.25) is 9.97 Å². The summed E-state index contributed by atoms with van der Waals surface area (Å²) in [6, 6.07) is 14.5. The van der Waals surface area contributed by atoms with E-state index in [1.165, 1.54) is 5.69 Å². The maximum atomic E-state index is 5.71. The molecule has 5 nitrogen and oxygen atoms in total. The fourth-order valence-electron chi connectivity index (χ4n) is 3.67. The number of hydrogen-bond donors (Lipinski definition) is 1. The van der Waals surface area contributed by atoms with Crippen LogP contribution in [0.2, 0.25) is 0 Å². The summed E-state index contributed by atoms with van der Waals surface area (Å²) in [5, 5.41) is 4.31. The van der Waals surface area contributed by atoms with Crippen molar-refractivity contribution in [1.29, 1.82) is 0 Å². The van der Waals surface area contributed by atoms with E-state index in [9.17, 15) is 0 Å². The molecule has 2 atom stereocenters. The summed E-state index contributed by atoms with van der Waals surface area (Å²) < 4.78 is 2.22. The van der Waals surface area contributed by atoms with E-state index in [0.29, 0.717) is 0 Å². The number of nitrogens with one attached hydrogen (secondary N) is 1. The van der Waals surface area contributed by atoms with Gasteiger partial charge in [0.1, 0.15) is 0 Å². The van der Waals surface area contributed by atoms with E-state index in [4.69, 9.17) is 12.2 Å². The molecule has 3 aromatic heterocycles. The van der Waals surface area contributed by atoms with Crippen molar-refractivity contribution < 1.29 is 0 Å². The Labute approximate surface area is 165 Å². The molecule has 4 heterocycles. The Morgan fingerprint density at radius 3 is 2.67 bits per heavy atom. The van der Waals surface area contributed by atoms with Gasteiger partial charge in [-0.1, -0.05) is 19.4 Å². The van der Waals surface area contributed by atoms with Crippen molar-refractivity contribution >= 4 is 17.3 Å². The van der Waals surface area contributed by atoms with Crippen LogP contribution >= 0.6 is 12.2 Å². The zero-order valence-electron chi connectivity index (χ0n) is 15.3. The van der Waals surface area contributed by atoms with Crippen LogP contribution in [0, 0.1) is 0 Å². The Morgan fingerprint density at radius 2 is 1.93 bits per heavy atom. The van der Waals surface area contributed by atoms with Crippen molar-refractivity contribution in [2.45, 2.75) is 31.8 Å². The first-order valence-corrected chi connectivity index (χ1v) is 9.76. The summed E-state index contributed by atoms with van der Waals surface area (Å²) in [7, 11) is 0. The van der Waals surface area contributed by atoms with Gasteiger partial charge in [0.25, 0.3) is 0 Å². The third kappa shape index (κ3) is 3.45. The summed E-state index contributed by atoms with van der Waals surface area (Å²) >= 11 is 5.71. The van der Waals surface area contributed by atoms with Gasteiger partial charge in [-0.05, 0) is 55.0 Å². The Hall–Kier alpha value is -2.73. The first kappa shape index (κ1) is 17.7. The van der Waals surface area contributed by atoms with Crippen molar-refractivity contribution in [3.63, 3.8) is 0 Å². The van der Waals surface area contributed by atoms with Crippen LogP contribution in [-0.2, 0) is 0 Å². The number of hydrogen-bond acceptors (Lipinski definition) is 3. The highest BCUT2D eigenvalue weighted by Gasteiger charge is 2.40. The van der Waals surface area contributed by atoms with Crippen LogP contribution in [0.3, 0.4) is 0 Å². The second-order valence-electron chi connectivity index (χ2n) is 6.68. The molecule has 0 radical (unpaired) electrons. The van der Waals surface area contributed by atoms with E-state index in [1.807, 2.05) is 42.9 Å². The largest absolute Gasteiger partial charge is 0.352 e. The molecule has 1 saturated heterocycles. The number of thiocarbonyl (C=S) groups is 1. The first-order valence-electron chi connectivity index (χ1n) is 9.35. The van der Waals surface area contributed by atoms with Gasteiger partial charge in [0, 0.05) is 42.7 Å². The van der Waals surface area contributed by atoms with E-state index in [1.54, 1.807) is 0 Å². The smallest absolute Gasteiger partial charge is 0.170 e. The van der Waals surface area contributed by atoms with Crippen molar-refractivity contribution in [3.05, 3.63) is 78.6 Å². The van der Waals surface area contributed by atoms with Crippen molar-refractivity contribution in [2.75, 3.05) is 6.54 Å². The molecular weight excluding hydrogens is 354 g/mol. The molecule has 27 heavy (non-hydrogen) atoms. The van der Waals surface area contributed by atoms with Gasteiger partial charge in [-0.25, -0.2) is 0 Å². The van der Waals surface area contributed by atoms with Crippen LogP contribution in [0.15, 0.2) is 67.3 Å². The molecule has 0 unspecified atom stereocenters. The molecule has 1 fully saturated rings. The molecule has 0 aliphatic carbocycles. The lowest BCUT2D eigenvalue weighted by Crippen LogP contribution is -2.31. The highest BCUT2D eigenvalue weighted by atomic mass is 32.1. The van der Waals surface area contributed by atoms with Gasteiger partial charge in [-0.2, -0.15) is 0 Å². The maximum Gasteiger partial charge on any atom is 0.170 e. The molecular formula is C21H23N5S. The predicted octanol–water partition coefficient (Wildman–Crippen LogP) is 4.04. The second-order valence-corrected chi connectivity index (χ2v) is 7.07. The predicted molar refractivity (Wildman–Crippen MR) is 111 cm³/mol. The van der Waals surface area contributed by atoms with Crippen molar-refractivity contribution in [2.24, 2.45) is 0 Å². The molecule has 0 aromatic carbocycles. The Bertz CT molecular complexity index is 893. The SMILES string of the molecule is CCCCN1C(=S)N[C@H](c2ccccn2)[C@@H]1c1cccn1-c1ccncc1. The minimum atomic E-state index is 0.0195. The van der Waals surface area contributed by atoms with Crippen LogP contribution in [0.1, 0.15) is 43.2 Å². The van der Waals surface area contributed by atoms with Gasteiger partial charge < -0.3 is 14.8 Å². The lowest BCUT2D eigenvalue weighted by atomic mass is 10.0. The minimum Gasteiger partial charge on any atom is -0.352 e. The van der Waals surface area contributed by atoms with E-state index in [0.717, 1.165) is 35.9 Å². The normalized spacial score (nSPS) is 19.3. The fourth-order valence-corrected chi connectivity index (χ4v) is 4.00. The van der Waals surface area contributed by atoms with Crippen molar-refractivity contribution in [1.82, 2.24) is 24.8 Å². The van der Waals surface area contributed by atoms with Gasteiger partial charge in [0.2, 0.25) is 0 Å². The van der Waals surface area contributed by atoms with E-state index in [-0.39, 0.29) is 12.1 Å². The molecule has 0 spiro atoms. The number of nitrogens with zero attached hydrogens (tertiary/aromatic N) is 4. The number of aromatic nitrogens is 3. The van der Waals surface area contributed by atoms with E-state index >= 15 is 0 Å². The Morgan fingerprint density at radius 1 is 1.07 bits per heavy atom. The Kier molecular flexibility index (Phi) is 5.16. The van der Waals surface area contributed by atoms with E-state index in [2.05, 4.69) is 56.1 Å². The second kappa shape index (κ2) is 7.88. The first-order chi connectivity index (χ1) is 13.3. The molecule has 1 N–H and O–H groups in total. The van der Waals surface area contributed by atoms with Crippen LogP contribution in [0.25, 0.3) is 5.69 Å². The molecule has 6 heteroatoms. The summed E-state index contributed by atoms with van der Waals surface area (Å²) in [5.74, 6) is 0. The summed E-state index contributed by atoms with van der Waals surface area (Å²) in [5.41, 5.74) is 3.30. The molecule has 0 bridgehead atoms. The molecule has 138 valence electrons. The van der Waals surface area contributed by atoms with Gasteiger partial charge >= 0.3 is 0 Å². The molecule has 0 saturated carbocycles. The molecule has 1 aliphatic heterocycles. The standard InChI is InChI=1S/C21H23N5S/c1-2-3-14-26-20(19(24-21(26)27)17-7-4-5-11-23-17)18-8-6-15-25(18)16-9-12-22-13-10-16/h4-13,15,19-20H,2-3,14H2,1H3,(H,24,27)/t19-,20+/m1/s1. The minimum absolute atomic E-state index is 0.0195. The topological polar surface area (TPSA) is 46.0 Å². The van der Waals surface area contributed by atoms with Crippen LogP contribution in [0.4, 0.5) is 0 Å². The fraction of sp³-hybridized carbons (Fsp3) is 0.286. The zero-order valence-corrected chi connectivity index (χ0v) is 16.1. The summed E-state index contributed by atoms with van der Waals surface area (Å²) in [6.45, 7) is 3.13. The third-order valence-electron chi connectivity index (χ3n) is 4.97. The van der Waals surface area contributed by atoms with Gasteiger partial charge in [0.15, 0.2) is 5.11 Å². The van der Waals surface area contributed by atoms with Gasteiger partial charge in [0.05, 0.1) is 17.8 Å². The average molecular weight is 378 g/mol. The van der Waals surface area contributed by atoms with Crippen molar-refractivity contribution in [3.8, 4) is 5.69 Å². The molecule has 3 aromatic rings. The monoisotopic (exact) mass is 377 g/mol. The maximum absolute atomic E-state index is 5.71. The van der Waals surface area contributed by atoms with E-state index < -0.39 is 0 Å². The number of rotatable bonds is 6. The van der Waals surface area contributed by atoms with Crippen LogP contribution in [0.5, 0.6) is 0 Å². The third-order valence-corrected chi connectivity index (χ3v) is 5.33. The number of pyridine rings is 2. The summed E-state index contributed by atoms with van der Waals surface area (Å²) in [4.78, 5) is 11.1. The Balaban J connectivity index is 1.78. The van der Waals surface area contributed by atoms with Crippen LogP contribution < -0.4 is 5.32 Å². The zero-order chi connectivity index (χ0) is 18.6. The lowest BCUT2D eigenvalue weighted by Gasteiger charge is -2.28. The van der Waals surface area contributed by atoms with Crippen LogP contribution in [-0.4, -0.2) is 31.1 Å².